The van der Waals surface area contributed by atoms with Crippen LogP contribution in [0.3, 0.4) is 0 Å². The van der Waals surface area contributed by atoms with Crippen LogP contribution < -0.4 is 4.90 Å². The van der Waals surface area contributed by atoms with Crippen LogP contribution in [-0.4, -0.2) is 103 Å². The van der Waals surface area contributed by atoms with Crippen LogP contribution >= 0.6 is 48.0 Å². The van der Waals surface area contributed by atoms with E-state index >= 15 is 0 Å². The van der Waals surface area contributed by atoms with Crippen molar-refractivity contribution in [1.82, 2.24) is 9.80 Å². The van der Waals surface area contributed by atoms with Crippen molar-refractivity contribution in [3.8, 4) is 0 Å². The molecule has 0 heterocycles. The summed E-state index contributed by atoms with van der Waals surface area (Å²) in [6.07, 6.45) is 12.7. The summed E-state index contributed by atoms with van der Waals surface area (Å²) in [5, 5.41) is 11.1. The summed E-state index contributed by atoms with van der Waals surface area (Å²) in [5.74, 6) is 1.72. The zero-order valence-corrected chi connectivity index (χ0v) is 33.1. The largest absolute Gasteiger partial charge is 0.506 e. The minimum absolute atomic E-state index is 0.0776. The molecule has 48 heavy (non-hydrogen) atoms. The normalized spacial score (nSPS) is 14.0. The van der Waals surface area contributed by atoms with Crippen molar-refractivity contribution < 1.29 is 14.5 Å². The number of rotatable bonds is 18. The van der Waals surface area contributed by atoms with Gasteiger partial charge in [-0.1, -0.05) is 86.8 Å². The zero-order chi connectivity index (χ0) is 35.1. The first-order chi connectivity index (χ1) is 23.2. The van der Waals surface area contributed by atoms with Gasteiger partial charge in [0.25, 0.3) is 0 Å². The monoisotopic (exact) mass is 727 g/mol. The van der Waals surface area contributed by atoms with Gasteiger partial charge in [-0.05, 0) is 63.1 Å². The molecule has 0 amide bonds. The second kappa shape index (κ2) is 21.0. The Morgan fingerprint density at radius 1 is 0.729 bits per heavy atom. The maximum Gasteiger partial charge on any atom is 0.201 e. The molecule has 0 fully saturated rings. The van der Waals surface area contributed by atoms with Gasteiger partial charge in [0.2, 0.25) is 5.78 Å². The standard InChI is InChI=1S/C38H54N4O2S4/c1-7-13-23-41(24-14-8-2)31-19-15-29(16-20-31)33-35(43)34(36(33)44)30-17-21-32(22-18-30)42(25-27-47-37(45)39(9-3)10-4)26-28-48-38(46)40(11-5)12-6/h15-22H,7-14,23-28H2,1-6H3/p+1. The molecule has 0 unspecified atom stereocenters. The lowest BCUT2D eigenvalue weighted by Gasteiger charge is -2.28. The van der Waals surface area contributed by atoms with Crippen LogP contribution in [0, 0.1) is 0 Å². The fourth-order valence-corrected chi connectivity index (χ4v) is 8.56. The Labute approximate surface area is 309 Å². The lowest BCUT2D eigenvalue weighted by atomic mass is 9.80. The minimum atomic E-state index is -0.110. The Bertz CT molecular complexity index is 1360. The quantitative estimate of drug-likeness (QED) is 0.0911. The molecule has 0 saturated heterocycles. The molecule has 0 spiro atoms. The first kappa shape index (κ1) is 40.0. The van der Waals surface area contributed by atoms with Gasteiger partial charge in [0, 0.05) is 81.5 Å². The number of anilines is 1. The van der Waals surface area contributed by atoms with E-state index < -0.39 is 0 Å². The molecule has 262 valence electrons. The van der Waals surface area contributed by atoms with E-state index in [0.29, 0.717) is 11.1 Å². The maximum absolute atomic E-state index is 13.4. The molecule has 6 nitrogen and oxygen atoms in total. The lowest BCUT2D eigenvalue weighted by Crippen LogP contribution is -2.32. The highest BCUT2D eigenvalue weighted by Gasteiger charge is 2.36. The number of allylic oxidation sites excluding steroid dienone is 7. The molecule has 2 aliphatic rings. The zero-order valence-electron chi connectivity index (χ0n) is 29.8. The van der Waals surface area contributed by atoms with Gasteiger partial charge in [-0.25, -0.2) is 4.58 Å². The number of aliphatic hydroxyl groups excluding tert-OH is 1. The number of thiocarbonyl (C=S) groups is 2. The van der Waals surface area contributed by atoms with Gasteiger partial charge in [0.1, 0.15) is 27.5 Å². The number of ketones is 1. The number of Topliss-reactive ketones (excluding diaryl/α,β-unsaturated/α-hetero) is 1. The highest BCUT2D eigenvalue weighted by Crippen LogP contribution is 2.39. The smallest absolute Gasteiger partial charge is 0.201 e. The van der Waals surface area contributed by atoms with E-state index in [1.165, 1.54) is 5.71 Å². The first-order valence-electron chi connectivity index (χ1n) is 17.6. The molecule has 3 rings (SSSR count). The van der Waals surface area contributed by atoms with E-state index in [1.807, 2.05) is 24.3 Å². The van der Waals surface area contributed by atoms with Gasteiger partial charge < -0.3 is 19.8 Å². The number of carbonyl (C=O) groups is 1. The van der Waals surface area contributed by atoms with E-state index in [9.17, 15) is 9.90 Å². The molecule has 0 bridgehead atoms. The summed E-state index contributed by atoms with van der Waals surface area (Å²) in [4.78, 5) is 20.2. The number of nitrogens with zero attached hydrogens (tertiary/aromatic N) is 4. The molecule has 1 N–H and O–H groups in total. The number of benzene rings is 1. The molecule has 1 aromatic carbocycles. The number of thioether (sulfide) groups is 2. The highest BCUT2D eigenvalue weighted by atomic mass is 32.2. The molecule has 0 saturated carbocycles. The van der Waals surface area contributed by atoms with Crippen molar-refractivity contribution in [1.29, 1.82) is 0 Å². The van der Waals surface area contributed by atoms with E-state index in [2.05, 4.69) is 85.1 Å². The average molecular weight is 728 g/mol. The maximum atomic E-state index is 13.4. The van der Waals surface area contributed by atoms with Crippen molar-refractivity contribution in [2.45, 2.75) is 67.2 Å². The second-order valence-corrected chi connectivity index (χ2v) is 15.2. The van der Waals surface area contributed by atoms with Gasteiger partial charge in [-0.2, -0.15) is 0 Å². The van der Waals surface area contributed by atoms with Gasteiger partial charge in [-0.15, -0.1) is 0 Å². The third-order valence-corrected chi connectivity index (χ3v) is 11.8. The fourth-order valence-electron chi connectivity index (χ4n) is 5.69. The summed E-state index contributed by atoms with van der Waals surface area (Å²) >= 11 is 14.8. The third kappa shape index (κ3) is 10.8. The van der Waals surface area contributed by atoms with Crippen molar-refractivity contribution in [2.24, 2.45) is 0 Å². The Kier molecular flexibility index (Phi) is 17.5. The predicted octanol–water partition coefficient (Wildman–Crippen LogP) is 8.54. The molecule has 0 aromatic heterocycles. The summed E-state index contributed by atoms with van der Waals surface area (Å²) in [6.45, 7) is 20.3. The van der Waals surface area contributed by atoms with Crippen LogP contribution in [0.15, 0.2) is 65.5 Å². The van der Waals surface area contributed by atoms with Gasteiger partial charge in [0.05, 0.1) is 11.1 Å². The number of hydrogen-bond acceptors (Lipinski definition) is 7. The fraction of sp³-hybridized carbons (Fsp3) is 0.526. The SMILES string of the molecule is CCCC[N+](CCCC)=C1C=CC(=C2C(=O)C(c3ccc(N(CCSC(=S)N(CC)CC)CCSC(=S)N(CC)CC)cc3)=C2O)C=C1. The molecule has 0 radical (unpaired) electrons. The summed E-state index contributed by atoms with van der Waals surface area (Å²) in [6, 6.07) is 8.01. The van der Waals surface area contributed by atoms with E-state index in [-0.39, 0.29) is 11.5 Å². The molecule has 2 aliphatic carbocycles. The molecule has 1 aromatic rings. The lowest BCUT2D eigenvalue weighted by molar-refractivity contribution is -0.527. The van der Waals surface area contributed by atoms with Crippen LogP contribution in [0.25, 0.3) is 5.57 Å². The molecule has 0 atom stereocenters. The Hall–Kier alpha value is -2.40. The highest BCUT2D eigenvalue weighted by molar-refractivity contribution is 8.23. The number of unbranched alkanes of at least 4 members (excludes halogenated alkanes) is 2. The third-order valence-electron chi connectivity index (χ3n) is 8.75. The van der Waals surface area contributed by atoms with E-state index in [1.54, 1.807) is 23.5 Å². The first-order valence-corrected chi connectivity index (χ1v) is 20.4. The predicted molar refractivity (Wildman–Crippen MR) is 219 cm³/mol. The topological polar surface area (TPSA) is 50.0 Å². The van der Waals surface area contributed by atoms with Crippen LogP contribution in [-0.2, 0) is 4.79 Å². The average Bonchev–Trinajstić information content (AvgIpc) is 3.09. The molecule has 10 heteroatoms. The summed E-state index contributed by atoms with van der Waals surface area (Å²) in [7, 11) is 0. The van der Waals surface area contributed by atoms with Crippen LogP contribution in [0.2, 0.25) is 0 Å². The van der Waals surface area contributed by atoms with Gasteiger partial charge in [0.15, 0.2) is 5.71 Å². The summed E-state index contributed by atoms with van der Waals surface area (Å²) < 4.78 is 4.29. The Morgan fingerprint density at radius 3 is 1.62 bits per heavy atom. The number of hydrogen-bond donors (Lipinski definition) is 1. The van der Waals surface area contributed by atoms with E-state index in [4.69, 9.17) is 24.4 Å². The second-order valence-electron chi connectivity index (χ2n) is 11.8. The van der Waals surface area contributed by atoms with Crippen molar-refractivity contribution >= 4 is 79.4 Å². The van der Waals surface area contributed by atoms with Crippen molar-refractivity contribution in [3.05, 3.63) is 71.0 Å². The molecular formula is C38H55N4O2S4+. The van der Waals surface area contributed by atoms with E-state index in [0.717, 1.165) is 115 Å². The van der Waals surface area contributed by atoms with Gasteiger partial charge in [-0.3, -0.25) is 4.79 Å². The van der Waals surface area contributed by atoms with Gasteiger partial charge >= 0.3 is 0 Å². The van der Waals surface area contributed by atoms with Crippen molar-refractivity contribution in [2.75, 3.05) is 68.8 Å². The van der Waals surface area contributed by atoms with Crippen molar-refractivity contribution in [3.63, 3.8) is 0 Å². The molecule has 0 aliphatic heterocycles. The molecular weight excluding hydrogens is 673 g/mol. The number of carbonyl (C=O) groups excluding carboxylic acids is 1. The summed E-state index contributed by atoms with van der Waals surface area (Å²) in [5.41, 5.74) is 4.53. The van der Waals surface area contributed by atoms with Crippen LogP contribution in [0.5, 0.6) is 0 Å². The Balaban J connectivity index is 1.77. The van der Waals surface area contributed by atoms with Crippen LogP contribution in [0.4, 0.5) is 5.69 Å². The Morgan fingerprint density at radius 2 is 1.21 bits per heavy atom. The number of aliphatic hydroxyl groups is 1. The van der Waals surface area contributed by atoms with Crippen LogP contribution in [0.1, 0.15) is 72.8 Å². The minimum Gasteiger partial charge on any atom is -0.506 e.